The second-order valence-corrected chi connectivity index (χ2v) is 8.35. The number of benzene rings is 3. The minimum Gasteiger partial charge on any atom is -0.381 e. The van der Waals surface area contributed by atoms with Crippen LogP contribution in [-0.4, -0.2) is 24.5 Å². The van der Waals surface area contributed by atoms with Crippen molar-refractivity contribution in [2.75, 3.05) is 5.32 Å². The number of fused-ring (bicyclic) bond motifs is 1. The number of nitrogens with one attached hydrogen (secondary N) is 1. The fourth-order valence-electron chi connectivity index (χ4n) is 4.19. The molecule has 0 fully saturated rings. The first-order chi connectivity index (χ1) is 16.6. The van der Waals surface area contributed by atoms with Gasteiger partial charge in [-0.25, -0.2) is 13.8 Å². The van der Waals surface area contributed by atoms with Crippen LogP contribution in [0.1, 0.15) is 30.0 Å². The summed E-state index contributed by atoms with van der Waals surface area (Å²) in [7, 11) is 0. The average Bonchev–Trinajstić information content (AvgIpc) is 3.51. The van der Waals surface area contributed by atoms with Crippen molar-refractivity contribution >= 4 is 16.6 Å². The van der Waals surface area contributed by atoms with Gasteiger partial charge in [-0.15, -0.1) is 0 Å². The van der Waals surface area contributed by atoms with Gasteiger partial charge in [-0.05, 0) is 42.3 Å². The fourth-order valence-corrected chi connectivity index (χ4v) is 4.19. The quantitative estimate of drug-likeness (QED) is 0.331. The summed E-state index contributed by atoms with van der Waals surface area (Å²) in [6.07, 6.45) is 4.99. The van der Waals surface area contributed by atoms with E-state index in [4.69, 9.17) is 5.10 Å². The Kier molecular flexibility index (Phi) is 6.03. The minimum absolute atomic E-state index is 0.225. The SMILES string of the molecule is C[C@H]([C@@H](Cn1cncn1)c1ccc(F)cc1F)n1cc2cc(NCc3ccccc3)ccc2n1. The second kappa shape index (κ2) is 9.43. The van der Waals surface area contributed by atoms with Crippen molar-refractivity contribution in [1.82, 2.24) is 24.5 Å². The molecule has 0 unspecified atom stereocenters. The number of rotatable bonds is 8. The van der Waals surface area contributed by atoms with Gasteiger partial charge in [0.25, 0.3) is 0 Å². The van der Waals surface area contributed by atoms with Crippen molar-refractivity contribution in [3.63, 3.8) is 0 Å². The predicted molar refractivity (Wildman–Crippen MR) is 127 cm³/mol. The highest BCUT2D eigenvalue weighted by Gasteiger charge is 2.26. The normalized spacial score (nSPS) is 13.1. The van der Waals surface area contributed by atoms with E-state index >= 15 is 0 Å². The molecule has 3 aromatic carbocycles. The summed E-state index contributed by atoms with van der Waals surface area (Å²) in [5.74, 6) is -1.53. The monoisotopic (exact) mass is 458 g/mol. The molecule has 2 aromatic heterocycles. The molecule has 0 radical (unpaired) electrons. The zero-order chi connectivity index (χ0) is 23.5. The maximum absolute atomic E-state index is 14.8. The van der Waals surface area contributed by atoms with E-state index in [0.29, 0.717) is 12.1 Å². The van der Waals surface area contributed by atoms with Crippen LogP contribution in [0, 0.1) is 11.6 Å². The Bertz CT molecular complexity index is 1380. The Balaban J connectivity index is 1.42. The lowest BCUT2D eigenvalue weighted by molar-refractivity contribution is 0.352. The van der Waals surface area contributed by atoms with Crippen molar-refractivity contribution in [3.05, 3.63) is 108 Å². The lowest BCUT2D eigenvalue weighted by Gasteiger charge is -2.25. The first kappa shape index (κ1) is 21.8. The fraction of sp³-hybridized carbons (Fsp3) is 0.192. The molecular formula is C26H24F2N6. The Morgan fingerprint density at radius 1 is 1.00 bits per heavy atom. The smallest absolute Gasteiger partial charge is 0.137 e. The summed E-state index contributed by atoms with van der Waals surface area (Å²) in [4.78, 5) is 3.99. The van der Waals surface area contributed by atoms with E-state index in [-0.39, 0.29) is 12.0 Å². The number of halogens is 2. The van der Waals surface area contributed by atoms with Crippen LogP contribution in [0.5, 0.6) is 0 Å². The summed E-state index contributed by atoms with van der Waals surface area (Å²) in [6.45, 7) is 3.08. The molecule has 0 aliphatic heterocycles. The van der Waals surface area contributed by atoms with Gasteiger partial charge in [0.2, 0.25) is 0 Å². The van der Waals surface area contributed by atoms with Crippen molar-refractivity contribution in [2.45, 2.75) is 32.0 Å². The van der Waals surface area contributed by atoms with Crippen LogP contribution in [0.15, 0.2) is 85.6 Å². The molecule has 34 heavy (non-hydrogen) atoms. The molecule has 0 bridgehead atoms. The average molecular weight is 459 g/mol. The molecule has 5 aromatic rings. The predicted octanol–water partition coefficient (Wildman–Crippen LogP) is 5.56. The number of aromatic nitrogens is 5. The molecule has 1 N–H and O–H groups in total. The molecular weight excluding hydrogens is 434 g/mol. The number of hydrogen-bond donors (Lipinski definition) is 1. The third kappa shape index (κ3) is 4.66. The molecule has 0 spiro atoms. The molecule has 5 rings (SSSR count). The summed E-state index contributed by atoms with van der Waals surface area (Å²) >= 11 is 0. The van der Waals surface area contributed by atoms with Crippen molar-refractivity contribution in [3.8, 4) is 0 Å². The standard InChI is InChI=1S/C26H24F2N6/c1-18(24(15-33-17-29-16-31-33)23-9-7-21(27)12-25(23)28)34-14-20-11-22(8-10-26(20)32-34)30-13-19-5-3-2-4-6-19/h2-12,14,16-18,24,30H,13,15H2,1H3/t18-,24-/m1/s1. The maximum Gasteiger partial charge on any atom is 0.137 e. The molecule has 2 atom stereocenters. The van der Waals surface area contributed by atoms with E-state index in [1.54, 1.807) is 11.0 Å². The number of anilines is 1. The van der Waals surface area contributed by atoms with Gasteiger partial charge in [-0.3, -0.25) is 9.36 Å². The van der Waals surface area contributed by atoms with Gasteiger partial charge in [-0.2, -0.15) is 10.2 Å². The highest BCUT2D eigenvalue weighted by molar-refractivity contribution is 5.82. The van der Waals surface area contributed by atoms with Crippen LogP contribution < -0.4 is 5.32 Å². The molecule has 0 aliphatic carbocycles. The molecule has 172 valence electrons. The van der Waals surface area contributed by atoms with Gasteiger partial charge in [-0.1, -0.05) is 36.4 Å². The first-order valence-corrected chi connectivity index (χ1v) is 11.1. The number of nitrogens with zero attached hydrogens (tertiary/aromatic N) is 5. The summed E-state index contributed by atoms with van der Waals surface area (Å²) in [6, 6.07) is 19.7. The highest BCUT2D eigenvalue weighted by Crippen LogP contribution is 2.33. The molecule has 0 amide bonds. The van der Waals surface area contributed by atoms with Crippen LogP contribution in [0.3, 0.4) is 0 Å². The lowest BCUT2D eigenvalue weighted by atomic mass is 9.91. The Labute approximate surface area is 195 Å². The molecule has 0 aliphatic rings. The van der Waals surface area contributed by atoms with Gasteiger partial charge in [0, 0.05) is 35.8 Å². The maximum atomic E-state index is 14.8. The Hall–Kier alpha value is -4.07. The third-order valence-electron chi connectivity index (χ3n) is 6.07. The second-order valence-electron chi connectivity index (χ2n) is 8.35. The van der Waals surface area contributed by atoms with Crippen LogP contribution in [0.25, 0.3) is 10.9 Å². The topological polar surface area (TPSA) is 60.6 Å². The van der Waals surface area contributed by atoms with Crippen LogP contribution in [0.4, 0.5) is 14.5 Å². The third-order valence-corrected chi connectivity index (χ3v) is 6.07. The first-order valence-electron chi connectivity index (χ1n) is 11.1. The van der Waals surface area contributed by atoms with Crippen molar-refractivity contribution in [2.24, 2.45) is 0 Å². The van der Waals surface area contributed by atoms with Crippen LogP contribution in [0.2, 0.25) is 0 Å². The van der Waals surface area contributed by atoms with E-state index < -0.39 is 11.6 Å². The zero-order valence-corrected chi connectivity index (χ0v) is 18.6. The van der Waals surface area contributed by atoms with E-state index in [9.17, 15) is 8.78 Å². The summed E-state index contributed by atoms with van der Waals surface area (Å²) < 4.78 is 31.8. The van der Waals surface area contributed by atoms with Crippen LogP contribution in [-0.2, 0) is 13.1 Å². The van der Waals surface area contributed by atoms with Gasteiger partial charge in [0.05, 0.1) is 18.1 Å². The van der Waals surface area contributed by atoms with Gasteiger partial charge in [0.15, 0.2) is 0 Å². The summed E-state index contributed by atoms with van der Waals surface area (Å²) in [5.41, 5.74) is 3.45. The van der Waals surface area contributed by atoms with Crippen molar-refractivity contribution in [1.29, 1.82) is 0 Å². The molecule has 0 saturated heterocycles. The molecule has 0 saturated carbocycles. The highest BCUT2D eigenvalue weighted by atomic mass is 19.1. The minimum atomic E-state index is -0.603. The van der Waals surface area contributed by atoms with Crippen molar-refractivity contribution < 1.29 is 8.78 Å². The number of hydrogen-bond acceptors (Lipinski definition) is 4. The zero-order valence-electron chi connectivity index (χ0n) is 18.6. The van der Waals surface area contributed by atoms with E-state index in [1.807, 2.05) is 48.1 Å². The van der Waals surface area contributed by atoms with E-state index in [1.165, 1.54) is 24.0 Å². The van der Waals surface area contributed by atoms with Gasteiger partial charge >= 0.3 is 0 Å². The summed E-state index contributed by atoms with van der Waals surface area (Å²) in [5, 5.41) is 13.3. The largest absolute Gasteiger partial charge is 0.381 e. The molecule has 6 nitrogen and oxygen atoms in total. The molecule has 8 heteroatoms. The van der Waals surface area contributed by atoms with Gasteiger partial charge < -0.3 is 5.32 Å². The van der Waals surface area contributed by atoms with E-state index in [2.05, 4.69) is 33.6 Å². The van der Waals surface area contributed by atoms with E-state index in [0.717, 1.165) is 29.2 Å². The van der Waals surface area contributed by atoms with Crippen LogP contribution >= 0.6 is 0 Å². The lowest BCUT2D eigenvalue weighted by Crippen LogP contribution is -2.22. The molecule has 2 heterocycles. The Morgan fingerprint density at radius 3 is 2.62 bits per heavy atom. The van der Waals surface area contributed by atoms with Gasteiger partial charge in [0.1, 0.15) is 24.3 Å². The Morgan fingerprint density at radius 2 is 1.85 bits per heavy atom.